The Morgan fingerprint density at radius 3 is 2.95 bits per heavy atom. The predicted octanol–water partition coefficient (Wildman–Crippen LogP) is 0.0439. The third-order valence-corrected chi connectivity index (χ3v) is 4.42. The Hall–Kier alpha value is -1.25. The molecule has 7 nitrogen and oxygen atoms in total. The smallest absolute Gasteiger partial charge is 0.278 e. The van der Waals surface area contributed by atoms with E-state index in [4.69, 9.17) is 0 Å². The topological polar surface area (TPSA) is 104 Å². The van der Waals surface area contributed by atoms with Crippen molar-refractivity contribution in [3.05, 3.63) is 21.4 Å². The van der Waals surface area contributed by atoms with Gasteiger partial charge in [-0.05, 0) is 28.3 Å². The molecule has 0 aliphatic heterocycles. The van der Waals surface area contributed by atoms with Gasteiger partial charge in [-0.2, -0.15) is 0 Å². The maximum atomic E-state index is 11.7. The maximum Gasteiger partial charge on any atom is 0.278 e. The molecule has 1 saturated carbocycles. The first-order chi connectivity index (χ1) is 9.17. The number of fused-ring (bicyclic) bond motifs is 1. The van der Waals surface area contributed by atoms with Crippen molar-refractivity contribution < 1.29 is 10.2 Å². The molecule has 0 saturated heterocycles. The zero-order valence-corrected chi connectivity index (χ0v) is 11.5. The summed E-state index contributed by atoms with van der Waals surface area (Å²) in [5, 5.41) is 18.6. The van der Waals surface area contributed by atoms with Crippen molar-refractivity contribution in [3.63, 3.8) is 0 Å². The Morgan fingerprint density at radius 1 is 1.47 bits per heavy atom. The molecular weight excluding hydrogens is 316 g/mol. The lowest BCUT2D eigenvalue weighted by molar-refractivity contribution is -0.00617. The summed E-state index contributed by atoms with van der Waals surface area (Å²) in [5.74, 6) is 0.0427. The SMILES string of the molecule is O=c1[nH]cnc2c1nc(Br)n2C1CC(CO)C1CO. The lowest BCUT2D eigenvalue weighted by Crippen LogP contribution is -2.42. The van der Waals surface area contributed by atoms with Gasteiger partial charge in [0.15, 0.2) is 15.9 Å². The van der Waals surface area contributed by atoms with Crippen LogP contribution in [-0.4, -0.2) is 42.9 Å². The molecule has 8 heteroatoms. The number of aromatic nitrogens is 4. The Kier molecular flexibility index (Phi) is 3.15. The minimum atomic E-state index is -0.289. The van der Waals surface area contributed by atoms with Crippen molar-refractivity contribution in [1.82, 2.24) is 19.5 Å². The average molecular weight is 329 g/mol. The molecule has 0 spiro atoms. The van der Waals surface area contributed by atoms with E-state index in [0.717, 1.165) is 6.42 Å². The van der Waals surface area contributed by atoms with Crippen molar-refractivity contribution in [2.45, 2.75) is 12.5 Å². The van der Waals surface area contributed by atoms with Gasteiger partial charge in [0, 0.05) is 25.2 Å². The predicted molar refractivity (Wildman–Crippen MR) is 70.7 cm³/mol. The van der Waals surface area contributed by atoms with Gasteiger partial charge in [-0.25, -0.2) is 9.97 Å². The number of rotatable bonds is 3. The monoisotopic (exact) mass is 328 g/mol. The van der Waals surface area contributed by atoms with Crippen LogP contribution < -0.4 is 5.56 Å². The van der Waals surface area contributed by atoms with E-state index in [1.54, 1.807) is 0 Å². The van der Waals surface area contributed by atoms with Gasteiger partial charge in [0.25, 0.3) is 5.56 Å². The van der Waals surface area contributed by atoms with Crippen LogP contribution in [0.15, 0.2) is 15.9 Å². The Morgan fingerprint density at radius 2 is 2.26 bits per heavy atom. The van der Waals surface area contributed by atoms with Gasteiger partial charge in [0.05, 0.1) is 6.33 Å². The molecule has 0 bridgehead atoms. The Balaban J connectivity index is 2.09. The standard InChI is InChI=1S/C11H13BrN4O3/c12-11-15-8-9(13-4-14-10(8)19)16(11)7-1-5(2-17)6(7)3-18/h4-7,17-18H,1-3H2,(H,13,14,19). The number of nitrogens with zero attached hydrogens (tertiary/aromatic N) is 3. The lowest BCUT2D eigenvalue weighted by Gasteiger charge is -2.43. The summed E-state index contributed by atoms with van der Waals surface area (Å²) < 4.78 is 2.34. The average Bonchev–Trinajstić information content (AvgIpc) is 2.68. The first-order valence-corrected chi connectivity index (χ1v) is 6.79. The van der Waals surface area contributed by atoms with Crippen molar-refractivity contribution in [3.8, 4) is 0 Å². The van der Waals surface area contributed by atoms with E-state index in [0.29, 0.717) is 10.4 Å². The zero-order valence-electron chi connectivity index (χ0n) is 9.95. The highest BCUT2D eigenvalue weighted by atomic mass is 79.9. The molecule has 0 amide bonds. The minimum Gasteiger partial charge on any atom is -0.396 e. The first-order valence-electron chi connectivity index (χ1n) is 6.00. The second-order valence-corrected chi connectivity index (χ2v) is 5.46. The number of hydrogen-bond donors (Lipinski definition) is 3. The summed E-state index contributed by atoms with van der Waals surface area (Å²) >= 11 is 3.33. The summed E-state index contributed by atoms with van der Waals surface area (Å²) in [7, 11) is 0. The normalized spacial score (nSPS) is 26.6. The molecule has 0 aromatic carbocycles. The number of aliphatic hydroxyl groups is 2. The third-order valence-electron chi connectivity index (χ3n) is 3.86. The van der Waals surface area contributed by atoms with Crippen molar-refractivity contribution in [2.24, 2.45) is 11.8 Å². The molecular formula is C11H13BrN4O3. The van der Waals surface area contributed by atoms with Crippen LogP contribution in [0.5, 0.6) is 0 Å². The quantitative estimate of drug-likeness (QED) is 0.690. The van der Waals surface area contributed by atoms with Crippen LogP contribution in [0.1, 0.15) is 12.5 Å². The largest absolute Gasteiger partial charge is 0.396 e. The summed E-state index contributed by atoms with van der Waals surface area (Å²) in [6.45, 7) is 0.0468. The molecule has 1 aliphatic carbocycles. The molecule has 3 unspecified atom stereocenters. The fourth-order valence-electron chi connectivity index (χ4n) is 2.74. The van der Waals surface area contributed by atoms with Crippen molar-refractivity contribution in [2.75, 3.05) is 13.2 Å². The molecule has 3 rings (SSSR count). The Bertz CT molecular complexity index is 667. The fraction of sp³-hybridized carbons (Fsp3) is 0.545. The van der Waals surface area contributed by atoms with Crippen LogP contribution >= 0.6 is 15.9 Å². The molecule has 3 N–H and O–H groups in total. The third kappa shape index (κ3) is 1.82. The van der Waals surface area contributed by atoms with E-state index in [1.165, 1.54) is 6.33 Å². The van der Waals surface area contributed by atoms with E-state index >= 15 is 0 Å². The van der Waals surface area contributed by atoms with Gasteiger partial charge in [-0.3, -0.25) is 9.36 Å². The zero-order chi connectivity index (χ0) is 13.6. The van der Waals surface area contributed by atoms with Gasteiger partial charge < -0.3 is 15.2 Å². The van der Waals surface area contributed by atoms with Gasteiger partial charge in [0.2, 0.25) is 0 Å². The summed E-state index contributed by atoms with van der Waals surface area (Å²) in [4.78, 5) is 22.5. The molecule has 1 fully saturated rings. The van der Waals surface area contributed by atoms with Gasteiger partial charge >= 0.3 is 0 Å². The molecule has 3 atom stereocenters. The molecule has 19 heavy (non-hydrogen) atoms. The molecule has 0 radical (unpaired) electrons. The number of nitrogens with one attached hydrogen (secondary N) is 1. The number of aliphatic hydroxyl groups excluding tert-OH is 2. The summed E-state index contributed by atoms with van der Waals surface area (Å²) in [6.07, 6.45) is 2.08. The van der Waals surface area contributed by atoms with Crippen LogP contribution in [-0.2, 0) is 0 Å². The molecule has 2 aromatic heterocycles. The fourth-order valence-corrected chi connectivity index (χ4v) is 3.35. The van der Waals surface area contributed by atoms with E-state index in [9.17, 15) is 15.0 Å². The van der Waals surface area contributed by atoms with E-state index in [1.807, 2.05) is 4.57 Å². The number of halogens is 1. The second kappa shape index (κ2) is 4.69. The molecule has 1 aliphatic rings. The number of H-pyrrole nitrogens is 1. The highest BCUT2D eigenvalue weighted by Crippen LogP contribution is 2.45. The van der Waals surface area contributed by atoms with Crippen molar-refractivity contribution >= 4 is 27.1 Å². The summed E-state index contributed by atoms with van der Waals surface area (Å²) in [6, 6.07) is -0.00387. The van der Waals surface area contributed by atoms with Crippen LogP contribution in [0.4, 0.5) is 0 Å². The highest BCUT2D eigenvalue weighted by molar-refractivity contribution is 9.10. The minimum absolute atomic E-state index is 0.00387. The lowest BCUT2D eigenvalue weighted by atomic mass is 9.70. The van der Waals surface area contributed by atoms with E-state index < -0.39 is 0 Å². The van der Waals surface area contributed by atoms with E-state index in [-0.39, 0.29) is 42.2 Å². The van der Waals surface area contributed by atoms with Gasteiger partial charge in [-0.15, -0.1) is 0 Å². The van der Waals surface area contributed by atoms with Crippen molar-refractivity contribution in [1.29, 1.82) is 0 Å². The van der Waals surface area contributed by atoms with Gasteiger partial charge in [0.1, 0.15) is 0 Å². The first kappa shape index (κ1) is 12.8. The highest BCUT2D eigenvalue weighted by Gasteiger charge is 2.42. The number of imidazole rings is 1. The Labute approximate surface area is 116 Å². The van der Waals surface area contributed by atoms with Crippen LogP contribution in [0.2, 0.25) is 0 Å². The van der Waals surface area contributed by atoms with Crippen LogP contribution in [0, 0.1) is 11.8 Å². The molecule has 2 aromatic rings. The summed E-state index contributed by atoms with van der Waals surface area (Å²) in [5.41, 5.74) is 0.483. The van der Waals surface area contributed by atoms with Crippen LogP contribution in [0.25, 0.3) is 11.2 Å². The molecule has 2 heterocycles. The van der Waals surface area contributed by atoms with E-state index in [2.05, 4.69) is 30.9 Å². The molecule has 102 valence electrons. The van der Waals surface area contributed by atoms with Crippen LogP contribution in [0.3, 0.4) is 0 Å². The number of hydrogen-bond acceptors (Lipinski definition) is 5. The number of aromatic amines is 1. The maximum absolute atomic E-state index is 11.7. The second-order valence-electron chi connectivity index (χ2n) is 4.75. The van der Waals surface area contributed by atoms with Gasteiger partial charge in [-0.1, -0.05) is 0 Å².